The highest BCUT2D eigenvalue weighted by molar-refractivity contribution is 5.66. The molecule has 10 heteroatoms. The molecule has 7 nitrogen and oxygen atoms in total. The van der Waals surface area contributed by atoms with E-state index in [9.17, 15) is 13.2 Å². The maximum absolute atomic E-state index is 13.9. The fourth-order valence-corrected chi connectivity index (χ4v) is 4.57. The summed E-state index contributed by atoms with van der Waals surface area (Å²) in [7, 11) is 3.61. The molecule has 1 saturated heterocycles. The quantitative estimate of drug-likeness (QED) is 0.538. The highest BCUT2D eigenvalue weighted by Gasteiger charge is 2.40. The molecule has 0 bridgehead atoms. The van der Waals surface area contributed by atoms with Crippen LogP contribution in [0, 0.1) is 0 Å². The molecular weight excluding hydrogens is 459 g/mol. The van der Waals surface area contributed by atoms with E-state index in [1.54, 1.807) is 7.11 Å². The van der Waals surface area contributed by atoms with Crippen molar-refractivity contribution in [1.82, 2.24) is 14.9 Å². The molecule has 2 aromatic carbocycles. The Morgan fingerprint density at radius 1 is 1.14 bits per heavy atom. The number of likely N-dealkylation sites (N-methyl/N-ethyl adjacent to an activating group) is 1. The van der Waals surface area contributed by atoms with Crippen LogP contribution in [-0.4, -0.2) is 42.2 Å². The molecule has 184 valence electrons. The largest absolute Gasteiger partial charge is 0.495 e. The maximum atomic E-state index is 13.9. The lowest BCUT2D eigenvalue weighted by atomic mass is 9.99. The van der Waals surface area contributed by atoms with E-state index >= 15 is 0 Å². The predicted octanol–water partition coefficient (Wildman–Crippen LogP) is 5.12. The van der Waals surface area contributed by atoms with Crippen molar-refractivity contribution >= 4 is 17.5 Å². The molecule has 1 unspecified atom stereocenters. The summed E-state index contributed by atoms with van der Waals surface area (Å²) in [5, 5.41) is 4.32. The molecule has 35 heavy (non-hydrogen) atoms. The van der Waals surface area contributed by atoms with Gasteiger partial charge in [0.05, 0.1) is 25.4 Å². The van der Waals surface area contributed by atoms with E-state index in [1.165, 1.54) is 10.6 Å². The third kappa shape index (κ3) is 4.76. The topological polar surface area (TPSA) is 62.8 Å². The minimum Gasteiger partial charge on any atom is -0.495 e. The van der Waals surface area contributed by atoms with Gasteiger partial charge in [-0.3, -0.25) is 4.84 Å². The first-order chi connectivity index (χ1) is 16.8. The van der Waals surface area contributed by atoms with E-state index in [1.807, 2.05) is 49.5 Å². The number of methoxy groups -OCH3 is 1. The minimum absolute atomic E-state index is 0.0257. The summed E-state index contributed by atoms with van der Waals surface area (Å²) in [6.07, 6.45) is -2.40. The van der Waals surface area contributed by atoms with Crippen LogP contribution in [0.2, 0.25) is 0 Å². The Balaban J connectivity index is 1.52. The number of aromatic nitrogens is 2. The molecule has 0 spiro atoms. The fourth-order valence-electron chi connectivity index (χ4n) is 4.57. The fraction of sp³-hybridized carbons (Fsp3) is 0.360. The zero-order valence-corrected chi connectivity index (χ0v) is 19.5. The number of fused-ring (bicyclic) bond motifs is 1. The second-order valence-electron chi connectivity index (χ2n) is 8.74. The monoisotopic (exact) mass is 485 g/mol. The zero-order chi connectivity index (χ0) is 24.6. The van der Waals surface area contributed by atoms with Crippen LogP contribution >= 0.6 is 0 Å². The van der Waals surface area contributed by atoms with Crippen LogP contribution in [0.15, 0.2) is 48.7 Å². The minimum atomic E-state index is -4.64. The Labute approximate surface area is 201 Å². The summed E-state index contributed by atoms with van der Waals surface area (Å²) in [4.78, 5) is 16.1. The van der Waals surface area contributed by atoms with Crippen molar-refractivity contribution in [3.63, 3.8) is 0 Å². The van der Waals surface area contributed by atoms with Crippen molar-refractivity contribution in [2.75, 3.05) is 37.7 Å². The molecule has 0 aliphatic carbocycles. The lowest BCUT2D eigenvalue weighted by Crippen LogP contribution is -2.27. The van der Waals surface area contributed by atoms with Crippen molar-refractivity contribution in [1.29, 1.82) is 0 Å². The molecule has 0 saturated carbocycles. The van der Waals surface area contributed by atoms with Gasteiger partial charge >= 0.3 is 6.18 Å². The number of alkyl halides is 3. The Bertz CT molecular complexity index is 1210. The van der Waals surface area contributed by atoms with Crippen LogP contribution in [0.3, 0.4) is 0 Å². The van der Waals surface area contributed by atoms with Crippen LogP contribution in [0.25, 0.3) is 0 Å². The standard InChI is InChI=1S/C25H26F3N5O2/c1-32-10-8-17-13-22(34-2)20(12-18(17)15-32)30-24-29-14-19(25(26,27)28)23(31-24)33-21(9-11-35-33)16-6-4-3-5-7-16/h3-7,12-14,21H,8-11,15H2,1-2H3,(H,29,30,31). The number of anilines is 3. The van der Waals surface area contributed by atoms with Crippen molar-refractivity contribution < 1.29 is 22.7 Å². The molecule has 0 radical (unpaired) electrons. The zero-order valence-electron chi connectivity index (χ0n) is 19.5. The third-order valence-electron chi connectivity index (χ3n) is 6.34. The van der Waals surface area contributed by atoms with Crippen LogP contribution in [0.1, 0.15) is 34.7 Å². The van der Waals surface area contributed by atoms with Crippen LogP contribution in [0.4, 0.5) is 30.6 Å². The Morgan fingerprint density at radius 2 is 1.94 bits per heavy atom. The van der Waals surface area contributed by atoms with E-state index in [0.717, 1.165) is 36.8 Å². The van der Waals surface area contributed by atoms with E-state index < -0.39 is 17.8 Å². The molecule has 1 N–H and O–H groups in total. The first-order valence-corrected chi connectivity index (χ1v) is 11.4. The Kier molecular flexibility index (Phi) is 6.24. The average Bonchev–Trinajstić information content (AvgIpc) is 3.33. The summed E-state index contributed by atoms with van der Waals surface area (Å²) in [5.41, 5.74) is 2.81. The average molecular weight is 486 g/mol. The van der Waals surface area contributed by atoms with Crippen molar-refractivity contribution in [2.45, 2.75) is 31.6 Å². The van der Waals surface area contributed by atoms with Gasteiger partial charge in [0, 0.05) is 25.7 Å². The molecule has 2 aliphatic rings. The number of halogens is 3. The van der Waals surface area contributed by atoms with Gasteiger partial charge in [-0.2, -0.15) is 18.2 Å². The molecule has 1 aromatic heterocycles. The lowest BCUT2D eigenvalue weighted by molar-refractivity contribution is -0.138. The maximum Gasteiger partial charge on any atom is 0.421 e. The summed E-state index contributed by atoms with van der Waals surface area (Å²) in [5.74, 6) is 0.286. The summed E-state index contributed by atoms with van der Waals surface area (Å²) in [6, 6.07) is 12.8. The Morgan fingerprint density at radius 3 is 2.69 bits per heavy atom. The second kappa shape index (κ2) is 9.35. The predicted molar refractivity (Wildman–Crippen MR) is 126 cm³/mol. The van der Waals surface area contributed by atoms with Crippen LogP contribution < -0.4 is 15.1 Å². The number of hydrogen-bond donors (Lipinski definition) is 1. The van der Waals surface area contributed by atoms with Gasteiger partial charge in [-0.25, -0.2) is 10.0 Å². The number of nitrogens with one attached hydrogen (secondary N) is 1. The second-order valence-corrected chi connectivity index (χ2v) is 8.74. The van der Waals surface area contributed by atoms with Gasteiger partial charge in [-0.15, -0.1) is 0 Å². The van der Waals surface area contributed by atoms with Crippen LogP contribution in [0.5, 0.6) is 5.75 Å². The molecule has 2 aliphatic heterocycles. The molecule has 1 fully saturated rings. The van der Waals surface area contributed by atoms with Gasteiger partial charge in [-0.1, -0.05) is 30.3 Å². The summed E-state index contributed by atoms with van der Waals surface area (Å²) >= 11 is 0. The molecular formula is C25H26F3N5O2. The van der Waals surface area contributed by atoms with Gasteiger partial charge in [0.2, 0.25) is 5.95 Å². The smallest absolute Gasteiger partial charge is 0.421 e. The number of benzene rings is 2. The van der Waals surface area contributed by atoms with E-state index in [2.05, 4.69) is 20.2 Å². The summed E-state index contributed by atoms with van der Waals surface area (Å²) < 4.78 is 47.3. The highest BCUT2D eigenvalue weighted by atomic mass is 19.4. The van der Waals surface area contributed by atoms with E-state index in [4.69, 9.17) is 9.57 Å². The summed E-state index contributed by atoms with van der Waals surface area (Å²) in [6.45, 7) is 2.01. The first kappa shape index (κ1) is 23.4. The molecule has 5 rings (SSSR count). The van der Waals surface area contributed by atoms with Gasteiger partial charge in [0.1, 0.15) is 11.3 Å². The van der Waals surface area contributed by atoms with Crippen molar-refractivity contribution in [2.24, 2.45) is 0 Å². The number of hydrogen-bond acceptors (Lipinski definition) is 7. The van der Waals surface area contributed by atoms with E-state index in [-0.39, 0.29) is 18.4 Å². The van der Waals surface area contributed by atoms with Gasteiger partial charge in [0.25, 0.3) is 0 Å². The number of hydroxylamine groups is 1. The molecule has 3 aromatic rings. The number of ether oxygens (including phenoxy) is 1. The SMILES string of the molecule is COc1cc2c(cc1Nc1ncc(C(F)(F)F)c(N3OCCC3c3ccccc3)n1)CN(C)CC2. The van der Waals surface area contributed by atoms with Crippen molar-refractivity contribution in [3.8, 4) is 5.75 Å². The first-order valence-electron chi connectivity index (χ1n) is 11.4. The van der Waals surface area contributed by atoms with Crippen LogP contribution in [-0.2, 0) is 24.0 Å². The van der Waals surface area contributed by atoms with Gasteiger partial charge < -0.3 is 15.0 Å². The van der Waals surface area contributed by atoms with Gasteiger partial charge in [-0.05, 0) is 42.3 Å². The van der Waals surface area contributed by atoms with Gasteiger partial charge in [0.15, 0.2) is 5.82 Å². The van der Waals surface area contributed by atoms with E-state index in [0.29, 0.717) is 17.9 Å². The molecule has 0 amide bonds. The third-order valence-corrected chi connectivity index (χ3v) is 6.34. The number of rotatable bonds is 5. The molecule has 1 atom stereocenters. The highest BCUT2D eigenvalue weighted by Crippen LogP contribution is 2.42. The number of nitrogens with zero attached hydrogens (tertiary/aromatic N) is 4. The molecule has 3 heterocycles. The lowest BCUT2D eigenvalue weighted by Gasteiger charge is -2.27. The van der Waals surface area contributed by atoms with Crippen molar-refractivity contribution in [3.05, 3.63) is 70.9 Å². The normalized spacial score (nSPS) is 18.4. The Hall–Kier alpha value is -3.37.